The van der Waals surface area contributed by atoms with Crippen LogP contribution in [-0.2, 0) is 11.3 Å². The molecule has 6 nitrogen and oxygen atoms in total. The number of ether oxygens (including phenoxy) is 3. The predicted octanol–water partition coefficient (Wildman–Crippen LogP) is 3.72. The molecule has 31 heavy (non-hydrogen) atoms. The molecule has 2 heterocycles. The standard InChI is InChI=1S/C25H32N2O4/c1-18(2)13-27(25(28)21-8-9-23-24(12-21)31-17-30-23)16-22-15-26(10-11-29-22)14-20-6-4-19(3)5-7-20/h4-9,12,18,22H,10-11,13-17H2,1-3H3/t22-/m0/s1. The number of fused-ring (bicyclic) bond motifs is 1. The third-order valence-corrected chi connectivity index (χ3v) is 5.67. The summed E-state index contributed by atoms with van der Waals surface area (Å²) in [7, 11) is 0. The van der Waals surface area contributed by atoms with Gasteiger partial charge in [0.25, 0.3) is 5.91 Å². The molecule has 1 fully saturated rings. The molecule has 2 aliphatic rings. The van der Waals surface area contributed by atoms with E-state index in [9.17, 15) is 4.79 Å². The molecule has 6 heteroatoms. The summed E-state index contributed by atoms with van der Waals surface area (Å²) in [5.74, 6) is 1.69. The van der Waals surface area contributed by atoms with Crippen molar-refractivity contribution in [2.24, 2.45) is 5.92 Å². The van der Waals surface area contributed by atoms with Gasteiger partial charge < -0.3 is 19.1 Å². The molecule has 1 atom stereocenters. The second-order valence-electron chi connectivity index (χ2n) is 8.89. The van der Waals surface area contributed by atoms with Gasteiger partial charge in [-0.15, -0.1) is 0 Å². The lowest BCUT2D eigenvalue weighted by Crippen LogP contribution is -2.49. The molecular weight excluding hydrogens is 392 g/mol. The number of hydrogen-bond acceptors (Lipinski definition) is 5. The van der Waals surface area contributed by atoms with Crippen LogP contribution in [0.5, 0.6) is 11.5 Å². The monoisotopic (exact) mass is 424 g/mol. The topological polar surface area (TPSA) is 51.2 Å². The summed E-state index contributed by atoms with van der Waals surface area (Å²) in [6.07, 6.45) is -0.00379. The number of nitrogens with zero attached hydrogens (tertiary/aromatic N) is 2. The zero-order chi connectivity index (χ0) is 21.8. The normalized spacial score (nSPS) is 18.4. The highest BCUT2D eigenvalue weighted by Crippen LogP contribution is 2.33. The Bertz CT molecular complexity index is 897. The van der Waals surface area contributed by atoms with E-state index in [0.717, 1.165) is 19.6 Å². The maximum atomic E-state index is 13.3. The van der Waals surface area contributed by atoms with Crippen molar-refractivity contribution in [3.8, 4) is 11.5 Å². The van der Waals surface area contributed by atoms with Crippen LogP contribution in [-0.4, -0.2) is 61.4 Å². The van der Waals surface area contributed by atoms with E-state index in [1.807, 2.05) is 17.0 Å². The van der Waals surface area contributed by atoms with Crippen LogP contribution in [0.3, 0.4) is 0 Å². The van der Waals surface area contributed by atoms with Crippen LogP contribution in [0.25, 0.3) is 0 Å². The Labute approximate surface area is 184 Å². The summed E-state index contributed by atoms with van der Waals surface area (Å²) in [5, 5.41) is 0. The Morgan fingerprint density at radius 2 is 1.90 bits per heavy atom. The van der Waals surface area contributed by atoms with E-state index in [0.29, 0.717) is 42.7 Å². The summed E-state index contributed by atoms with van der Waals surface area (Å²) >= 11 is 0. The van der Waals surface area contributed by atoms with Crippen molar-refractivity contribution in [1.29, 1.82) is 0 Å². The fourth-order valence-electron chi connectivity index (χ4n) is 4.13. The van der Waals surface area contributed by atoms with E-state index in [1.165, 1.54) is 11.1 Å². The first-order chi connectivity index (χ1) is 15.0. The summed E-state index contributed by atoms with van der Waals surface area (Å²) < 4.78 is 16.9. The summed E-state index contributed by atoms with van der Waals surface area (Å²) in [6, 6.07) is 14.1. The number of amides is 1. The molecule has 2 aromatic rings. The van der Waals surface area contributed by atoms with Crippen LogP contribution in [0.4, 0.5) is 0 Å². The second-order valence-corrected chi connectivity index (χ2v) is 8.89. The van der Waals surface area contributed by atoms with Gasteiger partial charge in [-0.05, 0) is 36.6 Å². The maximum absolute atomic E-state index is 13.3. The fraction of sp³-hybridized carbons (Fsp3) is 0.480. The van der Waals surface area contributed by atoms with Crippen LogP contribution >= 0.6 is 0 Å². The van der Waals surface area contributed by atoms with Crippen molar-refractivity contribution in [2.45, 2.75) is 33.4 Å². The molecule has 166 valence electrons. The van der Waals surface area contributed by atoms with Gasteiger partial charge in [0.2, 0.25) is 6.79 Å². The van der Waals surface area contributed by atoms with Crippen molar-refractivity contribution >= 4 is 5.91 Å². The third-order valence-electron chi connectivity index (χ3n) is 5.67. The van der Waals surface area contributed by atoms with E-state index in [2.05, 4.69) is 49.9 Å². The lowest BCUT2D eigenvalue weighted by Gasteiger charge is -2.36. The minimum atomic E-state index is -0.00379. The summed E-state index contributed by atoms with van der Waals surface area (Å²) in [6.45, 7) is 11.1. The molecule has 2 aliphatic heterocycles. The zero-order valence-corrected chi connectivity index (χ0v) is 18.7. The third kappa shape index (κ3) is 5.57. The molecule has 0 aliphatic carbocycles. The number of hydrogen-bond donors (Lipinski definition) is 0. The highest BCUT2D eigenvalue weighted by Gasteiger charge is 2.27. The molecule has 0 aromatic heterocycles. The van der Waals surface area contributed by atoms with Gasteiger partial charge in [-0.1, -0.05) is 43.7 Å². The van der Waals surface area contributed by atoms with Crippen LogP contribution < -0.4 is 9.47 Å². The minimum Gasteiger partial charge on any atom is -0.454 e. The first-order valence-corrected chi connectivity index (χ1v) is 11.1. The Hall–Kier alpha value is -2.57. The maximum Gasteiger partial charge on any atom is 0.254 e. The Kier molecular flexibility index (Phi) is 6.78. The first-order valence-electron chi connectivity index (χ1n) is 11.1. The second kappa shape index (κ2) is 9.71. The summed E-state index contributed by atoms with van der Waals surface area (Å²) in [5.41, 5.74) is 3.20. The van der Waals surface area contributed by atoms with Gasteiger partial charge in [-0.2, -0.15) is 0 Å². The average Bonchev–Trinajstić information content (AvgIpc) is 3.22. The quantitative estimate of drug-likeness (QED) is 0.678. The van der Waals surface area contributed by atoms with E-state index in [4.69, 9.17) is 14.2 Å². The minimum absolute atomic E-state index is 0.00379. The molecule has 0 saturated carbocycles. The Morgan fingerprint density at radius 3 is 2.68 bits per heavy atom. The average molecular weight is 425 g/mol. The van der Waals surface area contributed by atoms with E-state index in [-0.39, 0.29) is 18.8 Å². The molecule has 1 saturated heterocycles. The van der Waals surface area contributed by atoms with Gasteiger partial charge in [0.05, 0.1) is 12.7 Å². The number of morpholine rings is 1. The predicted molar refractivity (Wildman–Crippen MR) is 120 cm³/mol. The number of carbonyl (C=O) groups excluding carboxylic acids is 1. The van der Waals surface area contributed by atoms with Crippen molar-refractivity contribution in [3.63, 3.8) is 0 Å². The van der Waals surface area contributed by atoms with E-state index >= 15 is 0 Å². The molecular formula is C25H32N2O4. The van der Waals surface area contributed by atoms with Crippen molar-refractivity contribution in [1.82, 2.24) is 9.80 Å². The molecule has 0 bridgehead atoms. The molecule has 0 N–H and O–H groups in total. The highest BCUT2D eigenvalue weighted by atomic mass is 16.7. The van der Waals surface area contributed by atoms with Crippen molar-refractivity contribution in [3.05, 3.63) is 59.2 Å². The molecule has 2 aromatic carbocycles. The lowest BCUT2D eigenvalue weighted by atomic mass is 10.1. The number of benzene rings is 2. The molecule has 0 radical (unpaired) electrons. The molecule has 1 amide bonds. The number of rotatable bonds is 7. The Balaban J connectivity index is 1.42. The number of aryl methyl sites for hydroxylation is 1. The Morgan fingerprint density at radius 1 is 1.13 bits per heavy atom. The van der Waals surface area contributed by atoms with Gasteiger partial charge in [0.1, 0.15) is 0 Å². The van der Waals surface area contributed by atoms with Crippen LogP contribution in [0, 0.1) is 12.8 Å². The van der Waals surface area contributed by atoms with E-state index in [1.54, 1.807) is 6.07 Å². The van der Waals surface area contributed by atoms with Gasteiger partial charge in [-0.25, -0.2) is 0 Å². The van der Waals surface area contributed by atoms with Gasteiger partial charge in [-0.3, -0.25) is 9.69 Å². The SMILES string of the molecule is Cc1ccc(CN2CCO[C@H](CN(CC(C)C)C(=O)c3ccc4c(c3)OCO4)C2)cc1. The van der Waals surface area contributed by atoms with Crippen LogP contribution in [0.1, 0.15) is 35.3 Å². The van der Waals surface area contributed by atoms with Gasteiger partial charge >= 0.3 is 0 Å². The molecule has 0 unspecified atom stereocenters. The smallest absolute Gasteiger partial charge is 0.254 e. The van der Waals surface area contributed by atoms with Crippen molar-refractivity contribution in [2.75, 3.05) is 39.6 Å². The molecule has 0 spiro atoms. The zero-order valence-electron chi connectivity index (χ0n) is 18.7. The first kappa shape index (κ1) is 21.7. The number of carbonyl (C=O) groups is 1. The van der Waals surface area contributed by atoms with E-state index < -0.39 is 0 Å². The van der Waals surface area contributed by atoms with Gasteiger partial charge in [0.15, 0.2) is 11.5 Å². The van der Waals surface area contributed by atoms with Crippen LogP contribution in [0.15, 0.2) is 42.5 Å². The molecule has 4 rings (SSSR count). The fourth-order valence-corrected chi connectivity index (χ4v) is 4.13. The van der Waals surface area contributed by atoms with Crippen molar-refractivity contribution < 1.29 is 19.0 Å². The lowest BCUT2D eigenvalue weighted by molar-refractivity contribution is -0.0438. The van der Waals surface area contributed by atoms with Gasteiger partial charge in [0, 0.05) is 38.3 Å². The summed E-state index contributed by atoms with van der Waals surface area (Å²) in [4.78, 5) is 17.7. The highest BCUT2D eigenvalue weighted by molar-refractivity contribution is 5.95. The van der Waals surface area contributed by atoms with Crippen LogP contribution in [0.2, 0.25) is 0 Å². The largest absolute Gasteiger partial charge is 0.454 e.